The van der Waals surface area contributed by atoms with E-state index in [1.54, 1.807) is 0 Å². The summed E-state index contributed by atoms with van der Waals surface area (Å²) < 4.78 is 33.6. The second kappa shape index (κ2) is 8.81. The molecule has 0 aliphatic rings. The lowest BCUT2D eigenvalue weighted by atomic mass is 10.2. The number of hydrogen-bond acceptors (Lipinski definition) is 4. The van der Waals surface area contributed by atoms with Crippen LogP contribution in [-0.4, -0.2) is 38.6 Å². The van der Waals surface area contributed by atoms with E-state index in [0.717, 1.165) is 6.42 Å². The number of ether oxygens (including phenoxy) is 2. The van der Waals surface area contributed by atoms with Crippen LogP contribution in [-0.2, 0) is 4.79 Å². The van der Waals surface area contributed by atoms with Crippen molar-refractivity contribution in [1.82, 2.24) is 10.6 Å². The Morgan fingerprint density at radius 2 is 1.95 bits per heavy atom. The van der Waals surface area contributed by atoms with Crippen LogP contribution in [0.4, 0.5) is 8.78 Å². The zero-order valence-electron chi connectivity index (χ0n) is 12.3. The molecule has 0 aliphatic carbocycles. The van der Waals surface area contributed by atoms with Crippen LogP contribution in [0.2, 0.25) is 0 Å². The van der Waals surface area contributed by atoms with Gasteiger partial charge in [0.1, 0.15) is 0 Å². The number of methoxy groups -OCH3 is 1. The van der Waals surface area contributed by atoms with Crippen molar-refractivity contribution in [2.24, 2.45) is 0 Å². The third-order valence-electron chi connectivity index (χ3n) is 2.62. The number of benzene rings is 1. The van der Waals surface area contributed by atoms with Crippen LogP contribution in [0.3, 0.4) is 0 Å². The van der Waals surface area contributed by atoms with Crippen molar-refractivity contribution >= 4 is 11.8 Å². The number of nitrogens with one attached hydrogen (secondary N) is 2. The van der Waals surface area contributed by atoms with Gasteiger partial charge in [-0.15, -0.1) is 0 Å². The van der Waals surface area contributed by atoms with Crippen LogP contribution >= 0.6 is 0 Å². The van der Waals surface area contributed by atoms with Gasteiger partial charge in [0.05, 0.1) is 13.7 Å². The zero-order valence-corrected chi connectivity index (χ0v) is 12.3. The molecule has 122 valence electrons. The predicted molar refractivity (Wildman–Crippen MR) is 75.3 cm³/mol. The van der Waals surface area contributed by atoms with Crippen LogP contribution in [0, 0.1) is 0 Å². The van der Waals surface area contributed by atoms with Gasteiger partial charge in [-0.05, 0) is 24.6 Å². The van der Waals surface area contributed by atoms with Crippen molar-refractivity contribution in [2.45, 2.75) is 20.0 Å². The molecule has 0 spiro atoms. The maximum absolute atomic E-state index is 12.2. The summed E-state index contributed by atoms with van der Waals surface area (Å²) >= 11 is 0. The highest BCUT2D eigenvalue weighted by atomic mass is 19.3. The van der Waals surface area contributed by atoms with Crippen molar-refractivity contribution in [1.29, 1.82) is 0 Å². The average Bonchev–Trinajstić information content (AvgIpc) is 2.50. The molecule has 0 aromatic heterocycles. The summed E-state index contributed by atoms with van der Waals surface area (Å²) in [6.07, 6.45) is 0.794. The Morgan fingerprint density at radius 3 is 2.55 bits per heavy atom. The highest BCUT2D eigenvalue weighted by Crippen LogP contribution is 2.29. The molecule has 0 aliphatic heterocycles. The maximum atomic E-state index is 12.2. The molecule has 0 atom stereocenters. The lowest BCUT2D eigenvalue weighted by Crippen LogP contribution is -2.37. The summed E-state index contributed by atoms with van der Waals surface area (Å²) in [5, 5.41) is 5.03. The molecule has 2 amide bonds. The number of rotatable bonds is 8. The van der Waals surface area contributed by atoms with E-state index in [9.17, 15) is 18.4 Å². The van der Waals surface area contributed by atoms with E-state index < -0.39 is 12.5 Å². The number of halogens is 2. The van der Waals surface area contributed by atoms with Gasteiger partial charge in [-0.2, -0.15) is 8.78 Å². The molecular weight excluding hydrogens is 298 g/mol. The summed E-state index contributed by atoms with van der Waals surface area (Å²) in [5.41, 5.74) is 0.168. The Bertz CT molecular complexity index is 524. The minimum absolute atomic E-state index is 0.00313. The van der Waals surface area contributed by atoms with Gasteiger partial charge in [-0.1, -0.05) is 6.92 Å². The summed E-state index contributed by atoms with van der Waals surface area (Å²) in [7, 11) is 1.27. The maximum Gasteiger partial charge on any atom is 0.387 e. The second-order valence-electron chi connectivity index (χ2n) is 4.28. The Kier molecular flexibility index (Phi) is 7.07. The molecule has 8 heteroatoms. The summed E-state index contributed by atoms with van der Waals surface area (Å²) in [6, 6.07) is 3.77. The molecule has 0 unspecified atom stereocenters. The third-order valence-corrected chi connectivity index (χ3v) is 2.62. The van der Waals surface area contributed by atoms with E-state index in [2.05, 4.69) is 15.4 Å². The van der Waals surface area contributed by atoms with E-state index in [1.165, 1.54) is 25.3 Å². The molecule has 2 N–H and O–H groups in total. The quantitative estimate of drug-likeness (QED) is 0.763. The lowest BCUT2D eigenvalue weighted by molar-refractivity contribution is -0.120. The molecular formula is C14H18F2N2O4. The molecule has 0 bridgehead atoms. The molecule has 0 saturated heterocycles. The molecule has 1 aromatic carbocycles. The van der Waals surface area contributed by atoms with Gasteiger partial charge in [0.2, 0.25) is 5.91 Å². The van der Waals surface area contributed by atoms with Crippen LogP contribution in [0.15, 0.2) is 18.2 Å². The Morgan fingerprint density at radius 1 is 1.23 bits per heavy atom. The SMILES string of the molecule is CCCNC(=O)CNC(=O)c1ccc(OC(F)F)c(OC)c1. The molecule has 0 heterocycles. The number of amides is 2. The number of alkyl halides is 2. The van der Waals surface area contributed by atoms with Crippen molar-refractivity contribution < 1.29 is 27.8 Å². The third kappa shape index (κ3) is 5.55. The van der Waals surface area contributed by atoms with Gasteiger partial charge in [0, 0.05) is 12.1 Å². The van der Waals surface area contributed by atoms with Crippen molar-refractivity contribution in [3.63, 3.8) is 0 Å². The number of carbonyl (C=O) groups is 2. The molecule has 0 radical (unpaired) electrons. The van der Waals surface area contributed by atoms with E-state index >= 15 is 0 Å². The van der Waals surface area contributed by atoms with Crippen LogP contribution in [0.1, 0.15) is 23.7 Å². The number of hydrogen-bond donors (Lipinski definition) is 2. The second-order valence-corrected chi connectivity index (χ2v) is 4.28. The Balaban J connectivity index is 2.67. The van der Waals surface area contributed by atoms with E-state index in [1.807, 2.05) is 6.92 Å². The Hall–Kier alpha value is -2.38. The first kappa shape index (κ1) is 17.7. The fourth-order valence-corrected chi connectivity index (χ4v) is 1.59. The normalized spacial score (nSPS) is 10.2. The minimum Gasteiger partial charge on any atom is -0.493 e. The van der Waals surface area contributed by atoms with Crippen LogP contribution in [0.5, 0.6) is 11.5 Å². The molecule has 6 nitrogen and oxygen atoms in total. The lowest BCUT2D eigenvalue weighted by Gasteiger charge is -2.11. The average molecular weight is 316 g/mol. The van der Waals surface area contributed by atoms with Crippen molar-refractivity contribution in [3.8, 4) is 11.5 Å². The van der Waals surface area contributed by atoms with E-state index in [0.29, 0.717) is 6.54 Å². The summed E-state index contributed by atoms with van der Waals surface area (Å²) in [4.78, 5) is 23.3. The summed E-state index contributed by atoms with van der Waals surface area (Å²) in [5.74, 6) is -0.994. The van der Waals surface area contributed by atoms with E-state index in [-0.39, 0.29) is 29.5 Å². The van der Waals surface area contributed by atoms with Gasteiger partial charge >= 0.3 is 6.61 Å². The fourth-order valence-electron chi connectivity index (χ4n) is 1.59. The zero-order chi connectivity index (χ0) is 16.5. The van der Waals surface area contributed by atoms with Crippen molar-refractivity contribution in [2.75, 3.05) is 20.2 Å². The van der Waals surface area contributed by atoms with Gasteiger partial charge in [0.15, 0.2) is 11.5 Å². The number of carbonyl (C=O) groups excluding carboxylic acids is 2. The standard InChI is InChI=1S/C14H18F2N2O4/c1-3-6-17-12(19)8-18-13(20)9-4-5-10(22-14(15)16)11(7-9)21-2/h4-5,7,14H,3,6,8H2,1-2H3,(H,17,19)(H,18,20). The van der Waals surface area contributed by atoms with Gasteiger partial charge in [0.25, 0.3) is 5.91 Å². The predicted octanol–water partition coefficient (Wildman–Crippen LogP) is 1.55. The van der Waals surface area contributed by atoms with Gasteiger partial charge in [-0.25, -0.2) is 0 Å². The highest BCUT2D eigenvalue weighted by Gasteiger charge is 2.14. The topological polar surface area (TPSA) is 76.7 Å². The van der Waals surface area contributed by atoms with Gasteiger partial charge < -0.3 is 20.1 Å². The first-order valence-electron chi connectivity index (χ1n) is 6.65. The molecule has 0 saturated carbocycles. The first-order valence-corrected chi connectivity index (χ1v) is 6.65. The largest absolute Gasteiger partial charge is 0.493 e. The fraction of sp³-hybridized carbons (Fsp3) is 0.429. The molecule has 1 aromatic rings. The van der Waals surface area contributed by atoms with Gasteiger partial charge in [-0.3, -0.25) is 9.59 Å². The van der Waals surface area contributed by atoms with Crippen molar-refractivity contribution in [3.05, 3.63) is 23.8 Å². The van der Waals surface area contributed by atoms with Crippen LogP contribution < -0.4 is 20.1 Å². The first-order chi connectivity index (χ1) is 10.5. The summed E-state index contributed by atoms with van der Waals surface area (Å²) in [6.45, 7) is -0.719. The smallest absolute Gasteiger partial charge is 0.387 e. The molecule has 22 heavy (non-hydrogen) atoms. The van der Waals surface area contributed by atoms with E-state index in [4.69, 9.17) is 4.74 Å². The monoisotopic (exact) mass is 316 g/mol. The minimum atomic E-state index is -2.99. The highest BCUT2D eigenvalue weighted by molar-refractivity contribution is 5.97. The molecule has 0 fully saturated rings. The van der Waals surface area contributed by atoms with Crippen LogP contribution in [0.25, 0.3) is 0 Å². The Labute approximate surface area is 126 Å². The molecule has 1 rings (SSSR count).